The molecule has 4 rings (SSSR count). The van der Waals surface area contributed by atoms with Gasteiger partial charge in [0.15, 0.2) is 5.82 Å². The van der Waals surface area contributed by atoms with Gasteiger partial charge in [-0.3, -0.25) is 4.90 Å². The average molecular weight is 562 g/mol. The molecule has 0 saturated carbocycles. The number of likely N-dealkylation sites (tertiary alicyclic amines) is 1. The summed E-state index contributed by atoms with van der Waals surface area (Å²) < 4.78 is 88.9. The van der Waals surface area contributed by atoms with E-state index in [1.807, 2.05) is 0 Å². The fourth-order valence-electron chi connectivity index (χ4n) is 3.42. The molecule has 37 heavy (non-hydrogen) atoms. The van der Waals surface area contributed by atoms with Gasteiger partial charge >= 0.3 is 24.3 Å². The van der Waals surface area contributed by atoms with Gasteiger partial charge in [-0.15, -0.1) is 11.3 Å². The lowest BCUT2D eigenvalue weighted by atomic mass is 9.84. The smallest absolute Gasteiger partial charge is 0.475 e. The first-order valence-corrected chi connectivity index (χ1v) is 11.3. The van der Waals surface area contributed by atoms with E-state index in [4.69, 9.17) is 29.3 Å². The van der Waals surface area contributed by atoms with E-state index in [2.05, 4.69) is 27.4 Å². The van der Waals surface area contributed by atoms with E-state index >= 15 is 0 Å². The maximum Gasteiger partial charge on any atom is 0.490 e. The Morgan fingerprint density at radius 1 is 1.11 bits per heavy atom. The molecular formula is C21H21F7N2O6S. The zero-order valence-electron chi connectivity index (χ0n) is 18.8. The second-order valence-electron chi connectivity index (χ2n) is 7.88. The van der Waals surface area contributed by atoms with E-state index < -0.39 is 30.1 Å². The molecule has 2 aromatic heterocycles. The van der Waals surface area contributed by atoms with Gasteiger partial charge in [0.05, 0.1) is 12.2 Å². The zero-order chi connectivity index (χ0) is 27.9. The average Bonchev–Trinajstić information content (AvgIpc) is 3.27. The summed E-state index contributed by atoms with van der Waals surface area (Å²) >= 11 is 1.78. The van der Waals surface area contributed by atoms with E-state index in [1.165, 1.54) is 10.9 Å². The third kappa shape index (κ3) is 9.77. The molecule has 2 fully saturated rings. The van der Waals surface area contributed by atoms with Crippen molar-refractivity contribution in [1.82, 2.24) is 9.88 Å². The van der Waals surface area contributed by atoms with Gasteiger partial charge in [-0.1, -0.05) is 6.07 Å². The third-order valence-corrected chi connectivity index (χ3v) is 5.78. The highest BCUT2D eigenvalue weighted by molar-refractivity contribution is 7.09. The Morgan fingerprint density at radius 2 is 1.70 bits per heavy atom. The fourth-order valence-corrected chi connectivity index (χ4v) is 4.17. The first-order valence-electron chi connectivity index (χ1n) is 10.4. The number of nitrogens with zero attached hydrogens (tertiary/aromatic N) is 2. The Balaban J connectivity index is 0.000000286. The van der Waals surface area contributed by atoms with Crippen molar-refractivity contribution in [3.05, 3.63) is 46.5 Å². The number of rotatable bonds is 4. The number of aromatic nitrogens is 1. The minimum absolute atomic E-state index is 0.0305. The number of thiophene rings is 1. The predicted molar refractivity (Wildman–Crippen MR) is 114 cm³/mol. The van der Waals surface area contributed by atoms with Gasteiger partial charge in [-0.2, -0.15) is 26.3 Å². The summed E-state index contributed by atoms with van der Waals surface area (Å²) in [4.78, 5) is 25.5. The van der Waals surface area contributed by atoms with E-state index in [0.29, 0.717) is 6.61 Å². The summed E-state index contributed by atoms with van der Waals surface area (Å²) in [5.74, 6) is -5.81. The molecule has 0 aliphatic carbocycles. The molecule has 0 aromatic carbocycles. The van der Waals surface area contributed by atoms with Crippen LogP contribution < -0.4 is 4.74 Å². The highest BCUT2D eigenvalue weighted by atomic mass is 32.1. The van der Waals surface area contributed by atoms with Gasteiger partial charge in [0, 0.05) is 43.5 Å². The van der Waals surface area contributed by atoms with Crippen molar-refractivity contribution < 1.29 is 60.0 Å². The van der Waals surface area contributed by atoms with Crippen LogP contribution in [0.1, 0.15) is 17.7 Å². The molecule has 2 aliphatic heterocycles. The highest BCUT2D eigenvalue weighted by Gasteiger charge is 2.48. The molecule has 2 aromatic rings. The van der Waals surface area contributed by atoms with Gasteiger partial charge in [0.1, 0.15) is 6.10 Å². The summed E-state index contributed by atoms with van der Waals surface area (Å²) in [6, 6.07) is 7.19. The van der Waals surface area contributed by atoms with Crippen LogP contribution in [0.2, 0.25) is 0 Å². The van der Waals surface area contributed by atoms with Crippen LogP contribution >= 0.6 is 11.3 Å². The minimum atomic E-state index is -5.08. The Morgan fingerprint density at radius 3 is 2.19 bits per heavy atom. The predicted octanol–water partition coefficient (Wildman–Crippen LogP) is 4.36. The molecule has 2 saturated heterocycles. The Kier molecular flexibility index (Phi) is 10.2. The number of carboxylic acids is 2. The van der Waals surface area contributed by atoms with E-state index in [-0.39, 0.29) is 17.6 Å². The number of carbonyl (C=O) groups is 2. The molecule has 206 valence electrons. The van der Waals surface area contributed by atoms with Gasteiger partial charge in [0.2, 0.25) is 0 Å². The fraction of sp³-hybridized carbons (Fsp3) is 0.476. The molecule has 0 radical (unpaired) electrons. The van der Waals surface area contributed by atoms with Crippen LogP contribution in [0.15, 0.2) is 35.8 Å². The quantitative estimate of drug-likeness (QED) is 0.530. The molecule has 16 heteroatoms. The number of pyridine rings is 1. The largest absolute Gasteiger partial charge is 0.490 e. The molecule has 1 spiro atoms. The van der Waals surface area contributed by atoms with Crippen LogP contribution in [0.5, 0.6) is 5.88 Å². The summed E-state index contributed by atoms with van der Waals surface area (Å²) in [6.07, 6.45) is -7.07. The van der Waals surface area contributed by atoms with Gasteiger partial charge < -0.3 is 19.7 Å². The van der Waals surface area contributed by atoms with Crippen LogP contribution in [-0.2, 0) is 20.9 Å². The van der Waals surface area contributed by atoms with Gasteiger partial charge in [0.25, 0.3) is 5.88 Å². The molecule has 1 unspecified atom stereocenters. The number of halogens is 7. The number of ether oxygens (including phenoxy) is 2. The van der Waals surface area contributed by atoms with Gasteiger partial charge in [-0.05, 0) is 23.6 Å². The first-order chi connectivity index (χ1) is 17.1. The molecule has 2 N–H and O–H groups in total. The van der Waals surface area contributed by atoms with Crippen molar-refractivity contribution in [3.8, 4) is 5.88 Å². The monoisotopic (exact) mass is 562 g/mol. The van der Waals surface area contributed by atoms with E-state index in [0.717, 1.165) is 32.5 Å². The van der Waals surface area contributed by atoms with Crippen molar-refractivity contribution in [1.29, 1.82) is 0 Å². The summed E-state index contributed by atoms with van der Waals surface area (Å²) in [5, 5.41) is 16.4. The van der Waals surface area contributed by atoms with Crippen LogP contribution in [0.25, 0.3) is 0 Å². The number of carboxylic acid groups (broad SMARTS) is 2. The van der Waals surface area contributed by atoms with Crippen molar-refractivity contribution in [2.24, 2.45) is 0 Å². The van der Waals surface area contributed by atoms with Crippen molar-refractivity contribution >= 4 is 23.3 Å². The first kappa shape index (κ1) is 30.2. The topological polar surface area (TPSA) is 109 Å². The minimum Gasteiger partial charge on any atom is -0.475 e. The lowest BCUT2D eigenvalue weighted by molar-refractivity contribution is -0.193. The zero-order valence-corrected chi connectivity index (χ0v) is 19.6. The van der Waals surface area contributed by atoms with Crippen LogP contribution in [0, 0.1) is 5.82 Å². The SMILES string of the molecule is Fc1cccnc1OC1CCOC2(C1)CN(Cc1cccs1)C2.O=C(O)C(F)(F)F.O=C(O)C(F)(F)F. The number of aliphatic carboxylic acids is 2. The van der Waals surface area contributed by atoms with Crippen molar-refractivity contribution in [3.63, 3.8) is 0 Å². The Labute approximate surface area is 209 Å². The molecule has 0 bridgehead atoms. The molecular weight excluding hydrogens is 541 g/mol. The third-order valence-electron chi connectivity index (χ3n) is 4.92. The van der Waals surface area contributed by atoms with Crippen molar-refractivity contribution in [2.45, 2.75) is 43.4 Å². The molecule has 2 aliphatic rings. The van der Waals surface area contributed by atoms with Crippen LogP contribution in [0.3, 0.4) is 0 Å². The Bertz CT molecular complexity index is 1000. The normalized spacial score (nSPS) is 18.9. The summed E-state index contributed by atoms with van der Waals surface area (Å²) in [6.45, 7) is 3.46. The number of alkyl halides is 6. The second-order valence-corrected chi connectivity index (χ2v) is 8.92. The summed E-state index contributed by atoms with van der Waals surface area (Å²) in [7, 11) is 0. The van der Waals surface area contributed by atoms with Crippen LogP contribution in [0.4, 0.5) is 30.7 Å². The maximum absolute atomic E-state index is 13.7. The maximum atomic E-state index is 13.7. The summed E-state index contributed by atoms with van der Waals surface area (Å²) in [5.41, 5.74) is -0.133. The van der Waals surface area contributed by atoms with Gasteiger partial charge in [-0.25, -0.2) is 19.0 Å². The highest BCUT2D eigenvalue weighted by Crippen LogP contribution is 2.36. The number of hydrogen-bond donors (Lipinski definition) is 2. The standard InChI is InChI=1S/C17H19FN2O2S.2C2HF3O2/c18-15-4-1-6-19-16(15)22-13-5-7-21-17(9-13)11-20(12-17)10-14-3-2-8-23-14;2*3-2(4,5)1(6)7/h1-4,6,8,13H,5,7,9-12H2;2*(H,6,7). The molecule has 8 nitrogen and oxygen atoms in total. The lowest BCUT2D eigenvalue weighted by Crippen LogP contribution is -2.65. The van der Waals surface area contributed by atoms with Crippen molar-refractivity contribution in [2.75, 3.05) is 19.7 Å². The second kappa shape index (κ2) is 12.5. The van der Waals surface area contributed by atoms with Crippen LogP contribution in [-0.4, -0.2) is 75.8 Å². The number of hydrogen-bond acceptors (Lipinski definition) is 7. The van der Waals surface area contributed by atoms with E-state index in [1.54, 1.807) is 23.6 Å². The molecule has 1 atom stereocenters. The Hall–Kier alpha value is -2.98. The molecule has 4 heterocycles. The molecule has 0 amide bonds. The lowest BCUT2D eigenvalue weighted by Gasteiger charge is -2.53. The van der Waals surface area contributed by atoms with E-state index in [9.17, 15) is 30.7 Å².